The topological polar surface area (TPSA) is 83.6 Å². The summed E-state index contributed by atoms with van der Waals surface area (Å²) < 4.78 is 36.1. The highest BCUT2D eigenvalue weighted by atomic mass is 19.4. The van der Waals surface area contributed by atoms with Crippen molar-refractivity contribution in [3.05, 3.63) is 0 Å². The van der Waals surface area contributed by atoms with Crippen LogP contribution in [0.3, 0.4) is 0 Å². The van der Waals surface area contributed by atoms with Crippen molar-refractivity contribution in [3.63, 3.8) is 0 Å². The summed E-state index contributed by atoms with van der Waals surface area (Å²) in [6.45, 7) is -0.380. The number of nitrogens with two attached hydrogens (primary N) is 1. The third kappa shape index (κ3) is 2.38. The quantitative estimate of drug-likeness (QED) is 0.635. The van der Waals surface area contributed by atoms with Crippen LogP contribution in [-0.2, 0) is 9.59 Å². The predicted molar refractivity (Wildman–Crippen MR) is 41.8 cm³/mol. The van der Waals surface area contributed by atoms with Crippen LogP contribution in [0.5, 0.6) is 0 Å². The number of carbonyl (C=O) groups is 2. The summed E-state index contributed by atoms with van der Waals surface area (Å²) in [6.07, 6.45) is -5.21. The van der Waals surface area contributed by atoms with Crippen LogP contribution in [0.1, 0.15) is 6.42 Å². The van der Waals surface area contributed by atoms with Crippen molar-refractivity contribution in [2.24, 2.45) is 5.73 Å². The van der Waals surface area contributed by atoms with E-state index in [4.69, 9.17) is 10.8 Å². The summed E-state index contributed by atoms with van der Waals surface area (Å²) in [4.78, 5) is 21.6. The van der Waals surface area contributed by atoms with E-state index in [1.54, 1.807) is 0 Å². The Balaban J connectivity index is 2.85. The van der Waals surface area contributed by atoms with Crippen LogP contribution in [-0.4, -0.2) is 46.7 Å². The Morgan fingerprint density at radius 3 is 2.33 bits per heavy atom. The van der Waals surface area contributed by atoms with Crippen LogP contribution in [0, 0.1) is 0 Å². The molecule has 1 aliphatic rings. The van der Waals surface area contributed by atoms with Crippen LogP contribution in [0.2, 0.25) is 0 Å². The molecule has 8 heteroatoms. The molecule has 5 nitrogen and oxygen atoms in total. The van der Waals surface area contributed by atoms with Crippen molar-refractivity contribution in [1.29, 1.82) is 0 Å². The van der Waals surface area contributed by atoms with Gasteiger partial charge in [0.2, 0.25) is 0 Å². The Hall–Kier alpha value is -1.31. The minimum Gasteiger partial charge on any atom is -0.480 e. The molecule has 1 rings (SSSR count). The number of nitrogens with zero attached hydrogens (tertiary/aromatic N) is 1. The molecule has 0 aromatic carbocycles. The van der Waals surface area contributed by atoms with Gasteiger partial charge in [0.1, 0.15) is 6.04 Å². The number of alkyl halides is 3. The lowest BCUT2D eigenvalue weighted by molar-refractivity contribution is -0.188. The third-order valence-corrected chi connectivity index (χ3v) is 2.12. The van der Waals surface area contributed by atoms with Gasteiger partial charge in [-0.2, -0.15) is 13.2 Å². The second kappa shape index (κ2) is 3.69. The maximum Gasteiger partial charge on any atom is 0.471 e. The van der Waals surface area contributed by atoms with Gasteiger partial charge in [-0.1, -0.05) is 0 Å². The van der Waals surface area contributed by atoms with Crippen LogP contribution in [0.25, 0.3) is 0 Å². The number of carbonyl (C=O) groups excluding carboxylic acids is 1. The average Bonchev–Trinajstić information content (AvgIpc) is 2.44. The minimum atomic E-state index is -5.06. The SMILES string of the molecule is N[C@@H]1C[C@H](C(=O)O)N(C(=O)C(F)(F)F)C1. The molecule has 1 saturated heterocycles. The number of hydrogen-bond acceptors (Lipinski definition) is 3. The Kier molecular flexibility index (Phi) is 2.89. The maximum absolute atomic E-state index is 12.0. The highest BCUT2D eigenvalue weighted by molar-refractivity contribution is 5.87. The molecule has 0 radical (unpaired) electrons. The van der Waals surface area contributed by atoms with E-state index in [-0.39, 0.29) is 17.9 Å². The molecule has 2 atom stereocenters. The fourth-order valence-electron chi connectivity index (χ4n) is 1.49. The van der Waals surface area contributed by atoms with Crippen molar-refractivity contribution in [3.8, 4) is 0 Å². The zero-order chi connectivity index (χ0) is 11.8. The Morgan fingerprint density at radius 2 is 1.93 bits per heavy atom. The van der Waals surface area contributed by atoms with Crippen LogP contribution in [0.4, 0.5) is 13.2 Å². The first-order valence-electron chi connectivity index (χ1n) is 4.09. The second-order valence-electron chi connectivity index (χ2n) is 3.31. The number of likely N-dealkylation sites (tertiary alicyclic amines) is 1. The number of carboxylic acids is 1. The van der Waals surface area contributed by atoms with Crippen LogP contribution < -0.4 is 5.73 Å². The Labute approximate surface area is 82.6 Å². The lowest BCUT2D eigenvalue weighted by atomic mass is 10.2. The third-order valence-electron chi connectivity index (χ3n) is 2.12. The molecule has 1 heterocycles. The molecule has 86 valence electrons. The molecule has 0 aliphatic carbocycles. The van der Waals surface area contributed by atoms with Crippen molar-refractivity contribution in [2.75, 3.05) is 6.54 Å². The van der Waals surface area contributed by atoms with Gasteiger partial charge in [0.05, 0.1) is 0 Å². The molecule has 3 N–H and O–H groups in total. The monoisotopic (exact) mass is 226 g/mol. The van der Waals surface area contributed by atoms with Gasteiger partial charge in [0.25, 0.3) is 0 Å². The zero-order valence-electron chi connectivity index (χ0n) is 7.49. The van der Waals surface area contributed by atoms with Crippen LogP contribution >= 0.6 is 0 Å². The standard InChI is InChI=1S/C7H9F3N2O3/c8-7(9,10)6(15)12-2-3(11)1-4(12)5(13)14/h3-4H,1-2,11H2,(H,13,14)/t3-,4-/m1/s1. The van der Waals surface area contributed by atoms with Crippen LogP contribution in [0.15, 0.2) is 0 Å². The van der Waals surface area contributed by atoms with Gasteiger partial charge < -0.3 is 15.7 Å². The fraction of sp³-hybridized carbons (Fsp3) is 0.714. The minimum absolute atomic E-state index is 0.156. The van der Waals surface area contributed by atoms with Gasteiger partial charge in [0, 0.05) is 12.6 Å². The molecule has 15 heavy (non-hydrogen) atoms. The summed E-state index contributed by atoms with van der Waals surface area (Å²) in [5.74, 6) is -3.62. The second-order valence-corrected chi connectivity index (χ2v) is 3.31. The fourth-order valence-corrected chi connectivity index (χ4v) is 1.49. The lowest BCUT2D eigenvalue weighted by Crippen LogP contribution is -2.47. The first kappa shape index (κ1) is 11.8. The van der Waals surface area contributed by atoms with E-state index < -0.39 is 30.1 Å². The van der Waals surface area contributed by atoms with Gasteiger partial charge in [0.15, 0.2) is 0 Å². The van der Waals surface area contributed by atoms with Crippen molar-refractivity contribution < 1.29 is 27.9 Å². The number of carboxylic acid groups (broad SMARTS) is 1. The molecule has 0 aromatic rings. The number of aliphatic carboxylic acids is 1. The molecule has 1 fully saturated rings. The first-order valence-corrected chi connectivity index (χ1v) is 4.09. The molecule has 0 saturated carbocycles. The molecule has 0 spiro atoms. The molecule has 1 aliphatic heterocycles. The Morgan fingerprint density at radius 1 is 1.40 bits per heavy atom. The number of halogens is 3. The summed E-state index contributed by atoms with van der Waals surface area (Å²) in [7, 11) is 0. The normalized spacial score (nSPS) is 26.8. The van der Waals surface area contributed by atoms with Gasteiger partial charge in [-0.25, -0.2) is 4.79 Å². The lowest BCUT2D eigenvalue weighted by Gasteiger charge is -2.22. The number of amides is 1. The van der Waals surface area contributed by atoms with Gasteiger partial charge in [-0.15, -0.1) is 0 Å². The van der Waals surface area contributed by atoms with E-state index in [1.807, 2.05) is 0 Å². The Bertz CT molecular complexity index is 292. The predicted octanol–water partition coefficient (Wildman–Crippen LogP) is -0.438. The first-order chi connectivity index (χ1) is 6.73. The molecule has 0 unspecified atom stereocenters. The van der Waals surface area contributed by atoms with E-state index in [0.29, 0.717) is 0 Å². The summed E-state index contributed by atoms with van der Waals surface area (Å²) >= 11 is 0. The van der Waals surface area contributed by atoms with E-state index in [1.165, 1.54) is 0 Å². The van der Waals surface area contributed by atoms with Gasteiger partial charge in [-0.3, -0.25) is 4.79 Å². The summed E-state index contributed by atoms with van der Waals surface area (Å²) in [6, 6.07) is -2.20. The number of hydrogen-bond donors (Lipinski definition) is 2. The largest absolute Gasteiger partial charge is 0.480 e. The van der Waals surface area contributed by atoms with Crippen molar-refractivity contribution in [1.82, 2.24) is 4.90 Å². The summed E-state index contributed by atoms with van der Waals surface area (Å²) in [5.41, 5.74) is 5.31. The van der Waals surface area contributed by atoms with Crippen molar-refractivity contribution >= 4 is 11.9 Å². The van der Waals surface area contributed by atoms with Crippen molar-refractivity contribution in [2.45, 2.75) is 24.7 Å². The van der Waals surface area contributed by atoms with Gasteiger partial charge >= 0.3 is 18.1 Å². The molecular formula is C7H9F3N2O3. The molecule has 0 bridgehead atoms. The van der Waals surface area contributed by atoms with E-state index in [0.717, 1.165) is 0 Å². The average molecular weight is 226 g/mol. The molecule has 0 aromatic heterocycles. The van der Waals surface area contributed by atoms with E-state index in [9.17, 15) is 22.8 Å². The maximum atomic E-state index is 12.0. The summed E-state index contributed by atoms with van der Waals surface area (Å²) in [5, 5.41) is 8.60. The zero-order valence-corrected chi connectivity index (χ0v) is 7.49. The van der Waals surface area contributed by atoms with E-state index in [2.05, 4.69) is 0 Å². The molecular weight excluding hydrogens is 217 g/mol. The smallest absolute Gasteiger partial charge is 0.471 e. The number of rotatable bonds is 1. The molecule has 1 amide bonds. The van der Waals surface area contributed by atoms with E-state index >= 15 is 0 Å². The van der Waals surface area contributed by atoms with Gasteiger partial charge in [-0.05, 0) is 6.42 Å². The highest BCUT2D eigenvalue weighted by Gasteiger charge is 2.49. The highest BCUT2D eigenvalue weighted by Crippen LogP contribution is 2.25.